The molecule has 6 heteroatoms. The Labute approximate surface area is 115 Å². The van der Waals surface area contributed by atoms with E-state index in [0.29, 0.717) is 13.0 Å². The fourth-order valence-electron chi connectivity index (χ4n) is 2.84. The van der Waals surface area contributed by atoms with Crippen LogP contribution in [0.25, 0.3) is 0 Å². The van der Waals surface area contributed by atoms with Crippen molar-refractivity contribution < 1.29 is 13.2 Å². The van der Waals surface area contributed by atoms with Gasteiger partial charge in [-0.3, -0.25) is 4.79 Å². The first-order chi connectivity index (χ1) is 9.07. The van der Waals surface area contributed by atoms with Crippen LogP contribution in [-0.2, 0) is 14.6 Å². The fraction of sp³-hybridized carbons (Fsp3) is 0.923. The summed E-state index contributed by atoms with van der Waals surface area (Å²) in [6.07, 6.45) is 6.12. The van der Waals surface area contributed by atoms with Crippen molar-refractivity contribution in [1.82, 2.24) is 10.2 Å². The second-order valence-corrected chi connectivity index (χ2v) is 7.85. The van der Waals surface area contributed by atoms with Crippen LogP contribution in [-0.4, -0.2) is 56.4 Å². The van der Waals surface area contributed by atoms with E-state index < -0.39 is 9.84 Å². The van der Waals surface area contributed by atoms with Crippen LogP contribution in [0.3, 0.4) is 0 Å². The predicted octanol–water partition coefficient (Wildman–Crippen LogP) is 0.556. The fourth-order valence-corrected chi connectivity index (χ4v) is 4.28. The Morgan fingerprint density at radius 1 is 1.11 bits per heavy atom. The third-order valence-corrected chi connectivity index (χ3v) is 5.67. The first-order valence-corrected chi connectivity index (χ1v) is 9.10. The molecule has 2 fully saturated rings. The van der Waals surface area contributed by atoms with E-state index in [0.717, 1.165) is 25.9 Å². The summed E-state index contributed by atoms with van der Waals surface area (Å²) in [5.41, 5.74) is 0. The van der Waals surface area contributed by atoms with Crippen molar-refractivity contribution in [2.75, 3.05) is 31.1 Å². The molecule has 1 atom stereocenters. The van der Waals surface area contributed by atoms with Crippen LogP contribution in [0.15, 0.2) is 0 Å². The zero-order chi connectivity index (χ0) is 13.7. The number of carbonyl (C=O) groups is 1. The second-order valence-electron chi connectivity index (χ2n) is 5.62. The van der Waals surface area contributed by atoms with Gasteiger partial charge in [-0.05, 0) is 12.8 Å². The monoisotopic (exact) mass is 288 g/mol. The third-order valence-electron chi connectivity index (χ3n) is 3.93. The van der Waals surface area contributed by atoms with Crippen LogP contribution in [0.5, 0.6) is 0 Å². The van der Waals surface area contributed by atoms with Gasteiger partial charge < -0.3 is 10.2 Å². The number of nitrogens with zero attached hydrogens (tertiary/aromatic N) is 1. The average Bonchev–Trinajstić information content (AvgIpc) is 2.26. The summed E-state index contributed by atoms with van der Waals surface area (Å²) < 4.78 is 23.1. The van der Waals surface area contributed by atoms with E-state index in [9.17, 15) is 13.2 Å². The number of carbonyl (C=O) groups excluding carboxylic acids is 1. The number of amides is 1. The van der Waals surface area contributed by atoms with Gasteiger partial charge in [0.25, 0.3) is 0 Å². The average molecular weight is 288 g/mol. The van der Waals surface area contributed by atoms with Crippen molar-refractivity contribution >= 4 is 15.7 Å². The van der Waals surface area contributed by atoms with Crippen LogP contribution in [0, 0.1) is 0 Å². The smallest absolute Gasteiger partial charge is 0.224 e. The molecule has 0 aromatic heterocycles. The van der Waals surface area contributed by atoms with E-state index in [1.54, 1.807) is 0 Å². The highest BCUT2D eigenvalue weighted by Gasteiger charge is 2.27. The molecule has 1 N–H and O–H groups in total. The zero-order valence-electron chi connectivity index (χ0n) is 11.4. The molecule has 2 heterocycles. The number of hydrogen-bond acceptors (Lipinski definition) is 4. The molecule has 110 valence electrons. The van der Waals surface area contributed by atoms with Gasteiger partial charge in [0.2, 0.25) is 5.91 Å². The molecule has 0 aromatic rings. The molecule has 0 aromatic carbocycles. The molecule has 1 amide bonds. The van der Waals surface area contributed by atoms with Gasteiger partial charge in [-0.15, -0.1) is 0 Å². The maximum absolute atomic E-state index is 12.2. The third kappa shape index (κ3) is 4.76. The molecule has 0 aliphatic carbocycles. The van der Waals surface area contributed by atoms with E-state index in [4.69, 9.17) is 0 Å². The largest absolute Gasteiger partial charge is 0.343 e. The highest BCUT2D eigenvalue weighted by atomic mass is 32.2. The molecule has 0 radical (unpaired) electrons. The lowest BCUT2D eigenvalue weighted by molar-refractivity contribution is -0.132. The van der Waals surface area contributed by atoms with Crippen molar-refractivity contribution in [1.29, 1.82) is 0 Å². The predicted molar refractivity (Wildman–Crippen MR) is 74.7 cm³/mol. The Bertz CT molecular complexity index is 400. The molecule has 2 rings (SSSR count). The zero-order valence-corrected chi connectivity index (χ0v) is 12.3. The number of sulfone groups is 1. The highest BCUT2D eigenvalue weighted by Crippen LogP contribution is 2.13. The van der Waals surface area contributed by atoms with Crippen LogP contribution >= 0.6 is 0 Å². The molecule has 2 aliphatic rings. The lowest BCUT2D eigenvalue weighted by atomic mass is 10.1. The minimum absolute atomic E-state index is 0.104. The molecule has 19 heavy (non-hydrogen) atoms. The van der Waals surface area contributed by atoms with E-state index in [1.807, 2.05) is 4.90 Å². The summed E-state index contributed by atoms with van der Waals surface area (Å²) in [5, 5.41) is 3.15. The first-order valence-electron chi connectivity index (χ1n) is 7.28. The van der Waals surface area contributed by atoms with Crippen LogP contribution in [0.2, 0.25) is 0 Å². The summed E-state index contributed by atoms with van der Waals surface area (Å²) >= 11 is 0. The van der Waals surface area contributed by atoms with Gasteiger partial charge in [0.15, 0.2) is 9.84 Å². The van der Waals surface area contributed by atoms with E-state index in [-0.39, 0.29) is 23.5 Å². The van der Waals surface area contributed by atoms with Crippen molar-refractivity contribution in [3.8, 4) is 0 Å². The van der Waals surface area contributed by atoms with E-state index in [2.05, 4.69) is 5.32 Å². The van der Waals surface area contributed by atoms with Crippen molar-refractivity contribution in [3.63, 3.8) is 0 Å². The van der Waals surface area contributed by atoms with Gasteiger partial charge >= 0.3 is 0 Å². The maximum atomic E-state index is 12.2. The molecule has 0 saturated carbocycles. The van der Waals surface area contributed by atoms with Crippen molar-refractivity contribution in [3.05, 3.63) is 0 Å². The highest BCUT2D eigenvalue weighted by molar-refractivity contribution is 7.91. The Morgan fingerprint density at radius 2 is 1.74 bits per heavy atom. The van der Waals surface area contributed by atoms with Crippen LogP contribution in [0.4, 0.5) is 0 Å². The lowest BCUT2D eigenvalue weighted by Gasteiger charge is -2.28. The number of likely N-dealkylation sites (tertiary alicyclic amines) is 1. The topological polar surface area (TPSA) is 66.5 Å². The van der Waals surface area contributed by atoms with E-state index >= 15 is 0 Å². The molecule has 2 aliphatic heterocycles. The molecule has 0 bridgehead atoms. The summed E-state index contributed by atoms with van der Waals surface area (Å²) in [6, 6.07) is -0.198. The standard InChI is InChI=1S/C13H24N2O3S/c16-13(15-7-4-2-1-3-5-8-15)10-12-11-19(17,18)9-6-14-12/h12,14H,1-11H2. The lowest BCUT2D eigenvalue weighted by Crippen LogP contribution is -2.48. The minimum atomic E-state index is -2.95. The number of rotatable bonds is 2. The Kier molecular flexibility index (Phi) is 5.21. The summed E-state index contributed by atoms with van der Waals surface area (Å²) in [5.74, 6) is 0.407. The summed E-state index contributed by atoms with van der Waals surface area (Å²) in [7, 11) is -2.95. The van der Waals surface area contributed by atoms with Gasteiger partial charge in [0.1, 0.15) is 0 Å². The quantitative estimate of drug-likeness (QED) is 0.806. The van der Waals surface area contributed by atoms with Crippen LogP contribution < -0.4 is 5.32 Å². The Morgan fingerprint density at radius 3 is 2.37 bits per heavy atom. The maximum Gasteiger partial charge on any atom is 0.224 e. The van der Waals surface area contributed by atoms with Gasteiger partial charge in [0.05, 0.1) is 11.5 Å². The van der Waals surface area contributed by atoms with Gasteiger partial charge in [0, 0.05) is 32.1 Å². The number of nitrogens with one attached hydrogen (secondary N) is 1. The number of hydrogen-bond donors (Lipinski definition) is 1. The summed E-state index contributed by atoms with van der Waals surface area (Å²) in [4.78, 5) is 14.2. The van der Waals surface area contributed by atoms with Crippen molar-refractivity contribution in [2.45, 2.75) is 44.6 Å². The molecule has 5 nitrogen and oxygen atoms in total. The molecule has 1 unspecified atom stereocenters. The van der Waals surface area contributed by atoms with Crippen LogP contribution in [0.1, 0.15) is 38.5 Å². The van der Waals surface area contributed by atoms with Gasteiger partial charge in [-0.2, -0.15) is 0 Å². The van der Waals surface area contributed by atoms with Gasteiger partial charge in [-0.1, -0.05) is 19.3 Å². The SMILES string of the molecule is O=C(CC1CS(=O)(=O)CCN1)N1CCCCCCC1. The summed E-state index contributed by atoms with van der Waals surface area (Å²) in [6.45, 7) is 2.14. The Balaban J connectivity index is 1.85. The molecule has 0 spiro atoms. The molecule has 2 saturated heterocycles. The Hall–Kier alpha value is -0.620. The van der Waals surface area contributed by atoms with E-state index in [1.165, 1.54) is 19.3 Å². The van der Waals surface area contributed by atoms with Crippen molar-refractivity contribution in [2.24, 2.45) is 0 Å². The first kappa shape index (κ1) is 14.8. The second kappa shape index (κ2) is 6.70. The molecular formula is C13H24N2O3S. The normalized spacial score (nSPS) is 28.4. The molecular weight excluding hydrogens is 264 g/mol. The van der Waals surface area contributed by atoms with Gasteiger partial charge in [-0.25, -0.2) is 8.42 Å². The minimum Gasteiger partial charge on any atom is -0.343 e.